The SMILES string of the molecule is CCN1CCN(c2cc(C)c3nc(-c4cc5c(C)nc(C)cn5n4)cc(=O)n3c2)CC1. The van der Waals surface area contributed by atoms with Crippen molar-refractivity contribution in [3.05, 3.63) is 57.9 Å². The molecule has 1 saturated heterocycles. The Balaban J connectivity index is 1.56. The Morgan fingerprint density at radius 3 is 2.45 bits per heavy atom. The molecule has 0 bridgehead atoms. The van der Waals surface area contributed by atoms with Gasteiger partial charge in [0.05, 0.1) is 34.5 Å². The van der Waals surface area contributed by atoms with Gasteiger partial charge in [-0.25, -0.2) is 9.50 Å². The maximum Gasteiger partial charge on any atom is 0.258 e. The van der Waals surface area contributed by atoms with E-state index < -0.39 is 0 Å². The lowest BCUT2D eigenvalue weighted by molar-refractivity contribution is 0.271. The average Bonchev–Trinajstić information content (AvgIpc) is 3.18. The summed E-state index contributed by atoms with van der Waals surface area (Å²) in [5, 5.41) is 4.64. The lowest BCUT2D eigenvalue weighted by Crippen LogP contribution is -2.46. The molecule has 5 rings (SSSR count). The summed E-state index contributed by atoms with van der Waals surface area (Å²) in [5.41, 5.74) is 6.60. The van der Waals surface area contributed by atoms with E-state index in [0.717, 1.165) is 60.9 Å². The van der Waals surface area contributed by atoms with E-state index in [9.17, 15) is 4.79 Å². The van der Waals surface area contributed by atoms with E-state index in [1.807, 2.05) is 43.7 Å². The van der Waals surface area contributed by atoms with Crippen LogP contribution >= 0.6 is 0 Å². The van der Waals surface area contributed by atoms with Crippen LogP contribution in [-0.4, -0.2) is 61.6 Å². The molecule has 0 amide bonds. The van der Waals surface area contributed by atoms with Crippen molar-refractivity contribution < 1.29 is 0 Å². The Morgan fingerprint density at radius 1 is 0.935 bits per heavy atom. The van der Waals surface area contributed by atoms with Crippen LogP contribution in [0.1, 0.15) is 23.9 Å². The Labute approximate surface area is 180 Å². The van der Waals surface area contributed by atoms with Crippen LogP contribution in [0.15, 0.2) is 35.4 Å². The highest BCUT2D eigenvalue weighted by atomic mass is 16.1. The first kappa shape index (κ1) is 19.7. The summed E-state index contributed by atoms with van der Waals surface area (Å²) in [6, 6.07) is 5.65. The van der Waals surface area contributed by atoms with E-state index in [4.69, 9.17) is 4.98 Å². The van der Waals surface area contributed by atoms with Crippen LogP contribution in [0.5, 0.6) is 0 Å². The van der Waals surface area contributed by atoms with Crippen LogP contribution in [-0.2, 0) is 0 Å². The molecule has 0 saturated carbocycles. The molecule has 8 heteroatoms. The minimum atomic E-state index is -0.0970. The third kappa shape index (κ3) is 3.46. The molecule has 0 radical (unpaired) electrons. The van der Waals surface area contributed by atoms with E-state index in [2.05, 4.69) is 32.9 Å². The van der Waals surface area contributed by atoms with Crippen molar-refractivity contribution in [3.8, 4) is 11.4 Å². The van der Waals surface area contributed by atoms with Gasteiger partial charge >= 0.3 is 0 Å². The lowest BCUT2D eigenvalue weighted by atomic mass is 10.2. The predicted octanol–water partition coefficient (Wildman–Crippen LogP) is 2.47. The van der Waals surface area contributed by atoms with Crippen molar-refractivity contribution in [1.29, 1.82) is 0 Å². The monoisotopic (exact) mass is 417 g/mol. The van der Waals surface area contributed by atoms with Crippen LogP contribution in [0, 0.1) is 20.8 Å². The molecule has 0 N–H and O–H groups in total. The summed E-state index contributed by atoms with van der Waals surface area (Å²) < 4.78 is 3.47. The molecule has 8 nitrogen and oxygen atoms in total. The first-order valence-corrected chi connectivity index (χ1v) is 10.8. The average molecular weight is 418 g/mol. The molecule has 0 aromatic carbocycles. The van der Waals surface area contributed by atoms with Crippen LogP contribution < -0.4 is 10.5 Å². The number of hydrogen-bond acceptors (Lipinski definition) is 6. The Kier molecular flexibility index (Phi) is 4.74. The van der Waals surface area contributed by atoms with E-state index >= 15 is 0 Å². The number of piperazine rings is 1. The number of aryl methyl sites for hydroxylation is 3. The molecule has 1 aliphatic rings. The maximum absolute atomic E-state index is 13.0. The zero-order chi connectivity index (χ0) is 21.7. The molecule has 1 aliphatic heterocycles. The number of aromatic nitrogens is 5. The van der Waals surface area contributed by atoms with Gasteiger partial charge in [-0.15, -0.1) is 0 Å². The van der Waals surface area contributed by atoms with Crippen molar-refractivity contribution in [2.45, 2.75) is 27.7 Å². The second-order valence-corrected chi connectivity index (χ2v) is 8.30. The highest BCUT2D eigenvalue weighted by molar-refractivity contribution is 5.67. The molecule has 0 spiro atoms. The molecule has 0 unspecified atom stereocenters. The lowest BCUT2D eigenvalue weighted by Gasteiger charge is -2.35. The van der Waals surface area contributed by atoms with Crippen LogP contribution in [0.2, 0.25) is 0 Å². The van der Waals surface area contributed by atoms with E-state index in [1.165, 1.54) is 0 Å². The fourth-order valence-corrected chi connectivity index (χ4v) is 4.39. The third-order valence-corrected chi connectivity index (χ3v) is 6.14. The normalized spacial score (nSPS) is 15.3. The quantitative estimate of drug-likeness (QED) is 0.510. The Bertz CT molecular complexity index is 1350. The molecular weight excluding hydrogens is 390 g/mol. The van der Waals surface area contributed by atoms with Gasteiger partial charge in [-0.05, 0) is 45.0 Å². The van der Waals surface area contributed by atoms with Gasteiger partial charge < -0.3 is 9.80 Å². The minimum absolute atomic E-state index is 0.0970. The van der Waals surface area contributed by atoms with Gasteiger partial charge in [0, 0.05) is 38.4 Å². The fourth-order valence-electron chi connectivity index (χ4n) is 4.39. The maximum atomic E-state index is 13.0. The number of fused-ring (bicyclic) bond motifs is 2. The second-order valence-electron chi connectivity index (χ2n) is 8.30. The zero-order valence-corrected chi connectivity index (χ0v) is 18.5. The molecule has 31 heavy (non-hydrogen) atoms. The highest BCUT2D eigenvalue weighted by Crippen LogP contribution is 2.23. The molecule has 0 atom stereocenters. The molecular formula is C23H27N7O. The molecule has 5 heterocycles. The third-order valence-electron chi connectivity index (χ3n) is 6.14. The van der Waals surface area contributed by atoms with Crippen molar-refractivity contribution >= 4 is 16.9 Å². The van der Waals surface area contributed by atoms with E-state index in [0.29, 0.717) is 17.0 Å². The number of nitrogens with zero attached hydrogens (tertiary/aromatic N) is 7. The number of rotatable bonds is 3. The van der Waals surface area contributed by atoms with Gasteiger partial charge in [0.1, 0.15) is 11.3 Å². The van der Waals surface area contributed by atoms with Crippen molar-refractivity contribution in [2.24, 2.45) is 0 Å². The largest absolute Gasteiger partial charge is 0.368 e. The topological polar surface area (TPSA) is 71.0 Å². The molecule has 4 aromatic rings. The number of hydrogen-bond donors (Lipinski definition) is 0. The number of likely N-dealkylation sites (N-methyl/N-ethyl adjacent to an activating group) is 1. The zero-order valence-electron chi connectivity index (χ0n) is 18.5. The molecule has 0 aliphatic carbocycles. The van der Waals surface area contributed by atoms with Crippen LogP contribution in [0.4, 0.5) is 5.69 Å². The van der Waals surface area contributed by atoms with Gasteiger partial charge in [-0.3, -0.25) is 14.2 Å². The summed E-state index contributed by atoms with van der Waals surface area (Å²) in [6.07, 6.45) is 3.81. The Hall–Kier alpha value is -3.26. The van der Waals surface area contributed by atoms with Crippen molar-refractivity contribution in [2.75, 3.05) is 37.6 Å². The van der Waals surface area contributed by atoms with Crippen LogP contribution in [0.25, 0.3) is 22.6 Å². The molecule has 160 valence electrons. The van der Waals surface area contributed by atoms with E-state index in [-0.39, 0.29) is 5.56 Å². The summed E-state index contributed by atoms with van der Waals surface area (Å²) in [7, 11) is 0. The molecule has 1 fully saturated rings. The predicted molar refractivity (Wildman–Crippen MR) is 122 cm³/mol. The van der Waals surface area contributed by atoms with Crippen LogP contribution in [0.3, 0.4) is 0 Å². The van der Waals surface area contributed by atoms with Gasteiger partial charge in [-0.2, -0.15) is 5.10 Å². The van der Waals surface area contributed by atoms with Gasteiger partial charge in [0.15, 0.2) is 0 Å². The van der Waals surface area contributed by atoms with Crippen molar-refractivity contribution in [3.63, 3.8) is 0 Å². The summed E-state index contributed by atoms with van der Waals surface area (Å²) in [5.74, 6) is 0. The minimum Gasteiger partial charge on any atom is -0.368 e. The summed E-state index contributed by atoms with van der Waals surface area (Å²) >= 11 is 0. The summed E-state index contributed by atoms with van der Waals surface area (Å²) in [4.78, 5) is 27.1. The fraction of sp³-hybridized carbons (Fsp3) is 0.391. The smallest absolute Gasteiger partial charge is 0.258 e. The molecule has 4 aromatic heterocycles. The van der Waals surface area contributed by atoms with Gasteiger partial charge in [-0.1, -0.05) is 6.92 Å². The first-order valence-electron chi connectivity index (χ1n) is 10.8. The summed E-state index contributed by atoms with van der Waals surface area (Å²) in [6.45, 7) is 13.2. The Morgan fingerprint density at radius 2 is 1.71 bits per heavy atom. The van der Waals surface area contributed by atoms with E-state index in [1.54, 1.807) is 10.5 Å². The number of anilines is 1. The first-order chi connectivity index (χ1) is 14.9. The number of pyridine rings is 1. The second kappa shape index (κ2) is 7.46. The highest BCUT2D eigenvalue weighted by Gasteiger charge is 2.18. The van der Waals surface area contributed by atoms with Gasteiger partial charge in [0.25, 0.3) is 5.56 Å². The van der Waals surface area contributed by atoms with Gasteiger partial charge in [0.2, 0.25) is 0 Å². The standard InChI is InChI=1S/C23H27N7O/c1-5-27-6-8-28(9-7-27)18-10-15(2)23-25-19(12-22(31)29(23)14-18)20-11-21-17(4)24-16(3)13-30(21)26-20/h10-14H,5-9H2,1-4H3. The van der Waals surface area contributed by atoms with Crippen molar-refractivity contribution in [1.82, 2.24) is 28.9 Å².